The Morgan fingerprint density at radius 1 is 0.968 bits per heavy atom. The largest absolute Gasteiger partial charge is 0.284 e. The van der Waals surface area contributed by atoms with Gasteiger partial charge >= 0.3 is 0 Å². The van der Waals surface area contributed by atoms with E-state index in [1.807, 2.05) is 12.1 Å². The summed E-state index contributed by atoms with van der Waals surface area (Å²) in [5.41, 5.74) is 1.44. The Bertz CT molecular complexity index is 1160. The van der Waals surface area contributed by atoms with Gasteiger partial charge in [0.1, 0.15) is 0 Å². The number of aromatic nitrogens is 3. The van der Waals surface area contributed by atoms with E-state index >= 15 is 0 Å². The fraction of sp³-hybridized carbons (Fsp3) is 0.286. The summed E-state index contributed by atoms with van der Waals surface area (Å²) in [4.78, 5) is 2.33. The second kappa shape index (κ2) is 10.0. The second-order valence-corrected chi connectivity index (χ2v) is 9.31. The van der Waals surface area contributed by atoms with Gasteiger partial charge in [0, 0.05) is 15.6 Å². The van der Waals surface area contributed by atoms with Gasteiger partial charge < -0.3 is 0 Å². The van der Waals surface area contributed by atoms with Gasteiger partial charge in [-0.05, 0) is 68.0 Å². The molecule has 3 aromatic rings. The smallest absolute Gasteiger partial charge is 0.220 e. The highest BCUT2D eigenvalue weighted by atomic mass is 35.5. The molecule has 0 unspecified atom stereocenters. The van der Waals surface area contributed by atoms with Crippen molar-refractivity contribution in [1.82, 2.24) is 19.4 Å². The van der Waals surface area contributed by atoms with Crippen molar-refractivity contribution < 1.29 is 0 Å². The lowest BCUT2D eigenvalue weighted by atomic mass is 10.1. The number of rotatable bonds is 5. The van der Waals surface area contributed by atoms with Crippen LogP contribution in [0.15, 0.2) is 41.5 Å². The summed E-state index contributed by atoms with van der Waals surface area (Å²) in [6.07, 6.45) is 5.29. The van der Waals surface area contributed by atoms with Gasteiger partial charge in [0.15, 0.2) is 5.82 Å². The zero-order valence-electron chi connectivity index (χ0n) is 16.4. The molecule has 1 aliphatic rings. The first-order valence-electron chi connectivity index (χ1n) is 9.79. The van der Waals surface area contributed by atoms with Crippen LogP contribution >= 0.6 is 58.6 Å². The third-order valence-corrected chi connectivity index (χ3v) is 6.68. The zero-order valence-corrected chi connectivity index (χ0v) is 20.3. The number of hydrogen-bond donors (Lipinski definition) is 0. The van der Waals surface area contributed by atoms with E-state index in [9.17, 15) is 0 Å². The van der Waals surface area contributed by atoms with E-state index in [4.69, 9.17) is 63.7 Å². The number of benzene rings is 2. The van der Waals surface area contributed by atoms with Gasteiger partial charge in [0.05, 0.1) is 22.9 Å². The maximum atomic E-state index is 6.50. The minimum Gasteiger partial charge on any atom is -0.284 e. The molecule has 31 heavy (non-hydrogen) atoms. The zero-order chi connectivity index (χ0) is 22.0. The third-order valence-electron chi connectivity index (χ3n) is 5.03. The van der Waals surface area contributed by atoms with Crippen molar-refractivity contribution in [2.24, 2.45) is 5.10 Å². The molecule has 162 valence electrons. The van der Waals surface area contributed by atoms with Crippen LogP contribution in [0.1, 0.15) is 24.8 Å². The molecule has 0 bridgehead atoms. The number of likely N-dealkylation sites (tertiary alicyclic amines) is 1. The topological polar surface area (TPSA) is 38.4 Å². The lowest BCUT2D eigenvalue weighted by Gasteiger charge is -2.25. The third kappa shape index (κ3) is 5.33. The highest BCUT2D eigenvalue weighted by molar-refractivity contribution is 7.71. The Labute approximate surface area is 205 Å². The van der Waals surface area contributed by atoms with Crippen LogP contribution < -0.4 is 0 Å². The predicted molar refractivity (Wildman–Crippen MR) is 131 cm³/mol. The van der Waals surface area contributed by atoms with Crippen LogP contribution in [0.4, 0.5) is 0 Å². The molecule has 0 radical (unpaired) electrons. The molecule has 10 heteroatoms. The van der Waals surface area contributed by atoms with Crippen molar-refractivity contribution in [2.75, 3.05) is 13.1 Å². The van der Waals surface area contributed by atoms with Gasteiger partial charge in [-0.3, -0.25) is 4.90 Å². The predicted octanol–water partition coefficient (Wildman–Crippen LogP) is 7.02. The van der Waals surface area contributed by atoms with E-state index in [1.165, 1.54) is 19.3 Å². The quantitative estimate of drug-likeness (QED) is 0.208. The van der Waals surface area contributed by atoms with Crippen molar-refractivity contribution >= 4 is 64.8 Å². The molecule has 4 rings (SSSR count). The lowest BCUT2D eigenvalue weighted by molar-refractivity contribution is 0.172. The SMILES string of the molecule is S=c1n(CN2CCCCC2)nc(-c2cc(Cl)cc(Cl)c2Cl)n1/N=C/c1ccc(Cl)cc1. The average Bonchev–Trinajstić information content (AvgIpc) is 3.06. The van der Waals surface area contributed by atoms with Crippen molar-refractivity contribution in [3.05, 3.63) is 66.8 Å². The van der Waals surface area contributed by atoms with Crippen LogP contribution in [0.3, 0.4) is 0 Å². The molecule has 0 amide bonds. The molecule has 0 spiro atoms. The standard InChI is InChI=1S/C21H19Cl4N5S/c22-15-6-4-14(5-7-15)12-26-30-20(17-10-16(23)11-18(24)19(17)25)27-29(21(30)31)13-28-8-2-1-3-9-28/h4-7,10-12H,1-3,8-9,13H2/b26-12+. The summed E-state index contributed by atoms with van der Waals surface area (Å²) in [5, 5.41) is 11.1. The van der Waals surface area contributed by atoms with Crippen LogP contribution in [0.5, 0.6) is 0 Å². The molecule has 1 aromatic heterocycles. The second-order valence-electron chi connectivity index (χ2n) is 7.28. The first kappa shape index (κ1) is 22.8. The van der Waals surface area contributed by atoms with Crippen molar-refractivity contribution in [2.45, 2.75) is 25.9 Å². The fourth-order valence-electron chi connectivity index (χ4n) is 3.45. The van der Waals surface area contributed by atoms with Gasteiger partial charge in [0.25, 0.3) is 0 Å². The van der Waals surface area contributed by atoms with Crippen LogP contribution in [-0.2, 0) is 6.67 Å². The average molecular weight is 515 g/mol. The van der Waals surface area contributed by atoms with Crippen LogP contribution in [0.2, 0.25) is 20.1 Å². The van der Waals surface area contributed by atoms with Crippen molar-refractivity contribution in [1.29, 1.82) is 0 Å². The van der Waals surface area contributed by atoms with Crippen molar-refractivity contribution in [3.63, 3.8) is 0 Å². The summed E-state index contributed by atoms with van der Waals surface area (Å²) in [6, 6.07) is 10.7. The minimum absolute atomic E-state index is 0.342. The maximum absolute atomic E-state index is 6.50. The van der Waals surface area contributed by atoms with E-state index in [1.54, 1.807) is 39.8 Å². The van der Waals surface area contributed by atoms with Crippen LogP contribution in [-0.4, -0.2) is 38.7 Å². The summed E-state index contributed by atoms with van der Waals surface area (Å²) in [5.74, 6) is 0.474. The van der Waals surface area contributed by atoms with E-state index in [0.717, 1.165) is 18.7 Å². The van der Waals surface area contributed by atoms with Gasteiger partial charge in [-0.2, -0.15) is 9.78 Å². The molecule has 0 atom stereocenters. The Kier molecular flexibility index (Phi) is 7.37. The first-order chi connectivity index (χ1) is 14.9. The fourth-order valence-corrected chi connectivity index (χ4v) is 4.49. The lowest BCUT2D eigenvalue weighted by Crippen LogP contribution is -2.32. The molecule has 5 nitrogen and oxygen atoms in total. The summed E-state index contributed by atoms with van der Waals surface area (Å²) >= 11 is 30.7. The van der Waals surface area contributed by atoms with E-state index in [-0.39, 0.29) is 0 Å². The monoisotopic (exact) mass is 513 g/mol. The molecule has 0 aliphatic carbocycles. The molecule has 1 fully saturated rings. The van der Waals surface area contributed by atoms with Gasteiger partial charge in [-0.25, -0.2) is 4.68 Å². The Morgan fingerprint density at radius 2 is 1.68 bits per heavy atom. The molecule has 1 saturated heterocycles. The molecular weight excluding hydrogens is 496 g/mol. The molecule has 0 saturated carbocycles. The molecular formula is C21H19Cl4N5S. The molecule has 0 N–H and O–H groups in total. The Balaban J connectivity index is 1.79. The Hall–Kier alpha value is -1.41. The summed E-state index contributed by atoms with van der Waals surface area (Å²) in [7, 11) is 0. The maximum Gasteiger partial charge on any atom is 0.220 e. The molecule has 1 aliphatic heterocycles. The number of nitrogens with zero attached hydrogens (tertiary/aromatic N) is 5. The van der Waals surface area contributed by atoms with E-state index in [2.05, 4.69) is 10.0 Å². The number of piperidine rings is 1. The normalized spacial score (nSPS) is 15.1. The molecule has 2 heterocycles. The number of hydrogen-bond acceptors (Lipinski definition) is 4. The first-order valence-corrected chi connectivity index (χ1v) is 11.7. The van der Waals surface area contributed by atoms with Gasteiger partial charge in [-0.1, -0.05) is 65.0 Å². The van der Waals surface area contributed by atoms with Crippen LogP contribution in [0, 0.1) is 4.77 Å². The minimum atomic E-state index is 0.342. The Morgan fingerprint density at radius 3 is 2.39 bits per heavy atom. The summed E-state index contributed by atoms with van der Waals surface area (Å²) in [6.45, 7) is 2.62. The van der Waals surface area contributed by atoms with Gasteiger partial charge in [0.2, 0.25) is 4.77 Å². The van der Waals surface area contributed by atoms with Crippen molar-refractivity contribution in [3.8, 4) is 11.4 Å². The molecule has 2 aromatic carbocycles. The van der Waals surface area contributed by atoms with E-state index < -0.39 is 0 Å². The number of halogens is 4. The van der Waals surface area contributed by atoms with E-state index in [0.29, 0.717) is 42.9 Å². The highest BCUT2D eigenvalue weighted by Crippen LogP contribution is 2.36. The van der Waals surface area contributed by atoms with Gasteiger partial charge in [-0.15, -0.1) is 5.10 Å². The van der Waals surface area contributed by atoms with Crippen LogP contribution in [0.25, 0.3) is 11.4 Å². The summed E-state index contributed by atoms with van der Waals surface area (Å²) < 4.78 is 3.81. The highest BCUT2D eigenvalue weighted by Gasteiger charge is 2.20.